The molecule has 2 unspecified atom stereocenters. The molecule has 3 saturated heterocycles. The molecule has 3 aliphatic rings. The summed E-state index contributed by atoms with van der Waals surface area (Å²) in [5.74, 6) is -0.0944. The van der Waals surface area contributed by atoms with Gasteiger partial charge in [-0.3, -0.25) is 4.90 Å². The van der Waals surface area contributed by atoms with Gasteiger partial charge < -0.3 is 20.6 Å². The number of halogens is 1. The van der Waals surface area contributed by atoms with E-state index < -0.39 is 17.6 Å². The number of fused-ring (bicyclic) bond motifs is 1. The van der Waals surface area contributed by atoms with E-state index in [1.54, 1.807) is 6.07 Å². The molecule has 5 heterocycles. The van der Waals surface area contributed by atoms with E-state index in [2.05, 4.69) is 49.8 Å². The molecule has 13 heteroatoms. The van der Waals surface area contributed by atoms with Gasteiger partial charge in [0.05, 0.1) is 23.7 Å². The molecule has 2 atom stereocenters. The summed E-state index contributed by atoms with van der Waals surface area (Å²) in [4.78, 5) is 25.7. The number of aliphatic hydroxyl groups is 1. The third-order valence-corrected chi connectivity index (χ3v) is 7.93. The predicted octanol–water partition coefficient (Wildman–Crippen LogP) is 1.64. The molecule has 6 rings (SSSR count). The van der Waals surface area contributed by atoms with E-state index in [1.165, 1.54) is 24.6 Å². The van der Waals surface area contributed by atoms with Gasteiger partial charge in [-0.15, -0.1) is 0 Å². The second-order valence-electron chi connectivity index (χ2n) is 11.2. The molecule has 0 bridgehead atoms. The zero-order valence-electron chi connectivity index (χ0n) is 21.8. The van der Waals surface area contributed by atoms with Crippen molar-refractivity contribution < 1.29 is 9.50 Å². The number of aryl methyl sites for hydroxylation is 1. The SMILES string of the molecule is Cn1nnn(-c2cc(Nc3ncc(F)c(NC4CC5CCCN5C(C)(C)C4)n3)ccc2N2CC(O)C2)c1=O. The fourth-order valence-electron chi connectivity index (χ4n) is 6.13. The summed E-state index contributed by atoms with van der Waals surface area (Å²) in [7, 11) is 1.53. The van der Waals surface area contributed by atoms with Crippen LogP contribution in [0.1, 0.15) is 39.5 Å². The van der Waals surface area contributed by atoms with Gasteiger partial charge in [0.1, 0.15) is 0 Å². The van der Waals surface area contributed by atoms with Gasteiger partial charge in [-0.05, 0) is 74.7 Å². The molecule has 0 aliphatic carbocycles. The lowest BCUT2D eigenvalue weighted by molar-refractivity contribution is 0.0500. The molecule has 12 nitrogen and oxygen atoms in total. The summed E-state index contributed by atoms with van der Waals surface area (Å²) in [5, 5.41) is 24.1. The van der Waals surface area contributed by atoms with E-state index in [1.807, 2.05) is 17.0 Å². The summed E-state index contributed by atoms with van der Waals surface area (Å²) in [5.41, 5.74) is 1.49. The van der Waals surface area contributed by atoms with Gasteiger partial charge in [-0.1, -0.05) is 0 Å². The Labute approximate surface area is 219 Å². The van der Waals surface area contributed by atoms with Crippen molar-refractivity contribution in [2.45, 2.75) is 63.3 Å². The molecule has 0 spiro atoms. The van der Waals surface area contributed by atoms with Gasteiger partial charge in [-0.2, -0.15) is 14.3 Å². The van der Waals surface area contributed by atoms with Crippen LogP contribution in [0.3, 0.4) is 0 Å². The van der Waals surface area contributed by atoms with Crippen LogP contribution in [0, 0.1) is 5.82 Å². The van der Waals surface area contributed by atoms with Crippen LogP contribution in [0.4, 0.5) is 27.5 Å². The molecule has 2 aromatic heterocycles. The summed E-state index contributed by atoms with van der Waals surface area (Å²) in [6, 6.07) is 6.03. The predicted molar refractivity (Wildman–Crippen MR) is 141 cm³/mol. The average Bonchev–Trinajstić information content (AvgIpc) is 3.46. The van der Waals surface area contributed by atoms with Crippen molar-refractivity contribution in [2.75, 3.05) is 35.2 Å². The lowest BCUT2D eigenvalue weighted by Crippen LogP contribution is -2.55. The van der Waals surface area contributed by atoms with Crippen LogP contribution in [0.2, 0.25) is 0 Å². The number of hydrogen-bond acceptors (Lipinski definition) is 10. The molecule has 0 radical (unpaired) electrons. The van der Waals surface area contributed by atoms with Crippen LogP contribution in [0.25, 0.3) is 5.69 Å². The van der Waals surface area contributed by atoms with Crippen LogP contribution in [-0.2, 0) is 7.05 Å². The van der Waals surface area contributed by atoms with Gasteiger partial charge >= 0.3 is 5.69 Å². The standard InChI is InChI=1S/C25H33FN10O2/c1-25(2)11-16(9-17-5-4-8-35(17)25)28-22-19(26)12-27-23(30-22)29-15-6-7-20(34-13-18(37)14-34)21(10-15)36-24(38)33(3)31-32-36/h6-7,10,12,16-18,37H,4-5,8-9,11,13-14H2,1-3H3,(H2,27,28,29,30). The topological polar surface area (TPSA) is 129 Å². The lowest BCUT2D eigenvalue weighted by Gasteiger charge is -2.47. The highest BCUT2D eigenvalue weighted by molar-refractivity contribution is 5.71. The monoisotopic (exact) mass is 524 g/mol. The number of piperidine rings is 1. The van der Waals surface area contributed by atoms with Crippen molar-refractivity contribution in [1.82, 2.24) is 34.7 Å². The molecular weight excluding hydrogens is 491 g/mol. The molecule has 202 valence electrons. The van der Waals surface area contributed by atoms with Crippen LogP contribution in [-0.4, -0.2) is 83.1 Å². The number of β-amino-alcohol motifs (C(OH)–C–C–N with tert-alkyl or cyclic N) is 1. The minimum atomic E-state index is -0.499. The first-order valence-corrected chi connectivity index (χ1v) is 13.1. The molecule has 3 aromatic rings. The van der Waals surface area contributed by atoms with Gasteiger partial charge in [0.15, 0.2) is 11.6 Å². The minimum absolute atomic E-state index is 0.0464. The molecule has 3 fully saturated rings. The van der Waals surface area contributed by atoms with E-state index in [0.717, 1.165) is 36.0 Å². The molecule has 3 N–H and O–H groups in total. The van der Waals surface area contributed by atoms with Gasteiger partial charge in [0, 0.05) is 43.4 Å². The van der Waals surface area contributed by atoms with Crippen LogP contribution < -0.4 is 21.2 Å². The van der Waals surface area contributed by atoms with Crippen molar-refractivity contribution >= 4 is 23.1 Å². The number of hydrogen-bond donors (Lipinski definition) is 3. The fourth-order valence-corrected chi connectivity index (χ4v) is 6.13. The number of nitrogens with one attached hydrogen (secondary N) is 2. The Balaban J connectivity index is 1.25. The quantitative estimate of drug-likeness (QED) is 0.438. The smallest absolute Gasteiger partial charge is 0.368 e. The van der Waals surface area contributed by atoms with Crippen LogP contribution >= 0.6 is 0 Å². The first-order chi connectivity index (χ1) is 18.2. The number of nitrogens with zero attached hydrogens (tertiary/aromatic N) is 8. The summed E-state index contributed by atoms with van der Waals surface area (Å²) in [6.45, 7) is 6.56. The molecule has 0 saturated carbocycles. The summed E-state index contributed by atoms with van der Waals surface area (Å²) in [6.07, 6.45) is 4.99. The van der Waals surface area contributed by atoms with Gasteiger partial charge in [0.2, 0.25) is 5.95 Å². The van der Waals surface area contributed by atoms with E-state index in [9.17, 15) is 14.3 Å². The third kappa shape index (κ3) is 4.49. The maximum atomic E-state index is 14.8. The van der Waals surface area contributed by atoms with Crippen molar-refractivity contribution in [3.63, 3.8) is 0 Å². The average molecular weight is 525 g/mol. The van der Waals surface area contributed by atoms with E-state index in [-0.39, 0.29) is 23.3 Å². The first kappa shape index (κ1) is 24.7. The Hall–Kier alpha value is -3.58. The Bertz CT molecular complexity index is 1400. The maximum absolute atomic E-state index is 14.8. The lowest BCUT2D eigenvalue weighted by atomic mass is 9.84. The van der Waals surface area contributed by atoms with Crippen LogP contribution in [0.5, 0.6) is 0 Å². The van der Waals surface area contributed by atoms with Crippen molar-refractivity contribution in [1.29, 1.82) is 0 Å². The summed E-state index contributed by atoms with van der Waals surface area (Å²) < 4.78 is 17.1. The second kappa shape index (κ2) is 9.31. The Kier molecular flexibility index (Phi) is 6.06. The highest BCUT2D eigenvalue weighted by Gasteiger charge is 2.43. The molecule has 3 aliphatic heterocycles. The van der Waals surface area contributed by atoms with Crippen molar-refractivity contribution in [2.24, 2.45) is 7.05 Å². The second-order valence-corrected chi connectivity index (χ2v) is 11.2. The highest BCUT2D eigenvalue weighted by atomic mass is 19.1. The number of tetrazole rings is 1. The molecule has 1 aromatic carbocycles. The first-order valence-electron chi connectivity index (χ1n) is 13.1. The Morgan fingerprint density at radius 3 is 2.74 bits per heavy atom. The van der Waals surface area contributed by atoms with Gasteiger partial charge in [-0.25, -0.2) is 14.2 Å². The Morgan fingerprint density at radius 1 is 1.18 bits per heavy atom. The van der Waals surface area contributed by atoms with Crippen molar-refractivity contribution in [3.8, 4) is 5.69 Å². The largest absolute Gasteiger partial charge is 0.389 e. The number of anilines is 4. The minimum Gasteiger partial charge on any atom is -0.389 e. The molecule has 38 heavy (non-hydrogen) atoms. The normalized spacial score (nSPS) is 23.2. The number of aliphatic hydroxyl groups excluding tert-OH is 1. The molecular formula is C25H33FN10O2. The zero-order valence-corrected chi connectivity index (χ0v) is 21.8. The zero-order chi connectivity index (χ0) is 26.6. The summed E-state index contributed by atoms with van der Waals surface area (Å²) >= 11 is 0. The fraction of sp³-hybridized carbons (Fsp3) is 0.560. The van der Waals surface area contributed by atoms with Crippen molar-refractivity contribution in [3.05, 3.63) is 40.7 Å². The number of aromatic nitrogens is 6. The number of benzene rings is 1. The van der Waals surface area contributed by atoms with E-state index in [4.69, 9.17) is 0 Å². The van der Waals surface area contributed by atoms with E-state index in [0.29, 0.717) is 30.5 Å². The Morgan fingerprint density at radius 2 is 2.00 bits per heavy atom. The van der Waals surface area contributed by atoms with E-state index >= 15 is 0 Å². The maximum Gasteiger partial charge on any atom is 0.368 e. The highest BCUT2D eigenvalue weighted by Crippen LogP contribution is 2.38. The third-order valence-electron chi connectivity index (χ3n) is 7.93. The van der Waals surface area contributed by atoms with Gasteiger partial charge in [0.25, 0.3) is 0 Å². The van der Waals surface area contributed by atoms with Crippen LogP contribution in [0.15, 0.2) is 29.2 Å². The number of rotatable bonds is 6. The molecule has 0 amide bonds.